The number of nitrogens with zero attached hydrogens (tertiary/aromatic N) is 1. The van der Waals surface area contributed by atoms with Gasteiger partial charge in [0.25, 0.3) is 0 Å². The predicted octanol–water partition coefficient (Wildman–Crippen LogP) is 4.73. The number of thiol groups is 2. The molecule has 0 aromatic rings. The average Bonchev–Trinajstić information content (AvgIpc) is 3.34. The van der Waals surface area contributed by atoms with Gasteiger partial charge in [-0.3, -0.25) is 9.69 Å². The lowest BCUT2D eigenvalue weighted by Crippen LogP contribution is -2.43. The SMILES string of the molecule is C=C1C[C@H](C[C@@H](O)CC(=O)N2C(=S)SC[C@H]2C(C)C)O[C@@H](CCOB(P)S)C1.C=C1C[C@H](C[C@@H](O)CCO)O[C@@H](CCOB(P)S)C1. The summed E-state index contributed by atoms with van der Waals surface area (Å²) in [6.45, 7) is 13.5. The highest BCUT2D eigenvalue weighted by molar-refractivity contribution is 8.24. The highest BCUT2D eigenvalue weighted by atomic mass is 32.2. The third-order valence-electron chi connectivity index (χ3n) is 8.18. The molecule has 9 nitrogen and oxygen atoms in total. The molecule has 268 valence electrons. The Morgan fingerprint density at radius 2 is 1.45 bits per heavy atom. The van der Waals surface area contributed by atoms with Gasteiger partial charge in [-0.15, -0.1) is 18.2 Å². The molecule has 0 spiro atoms. The third-order valence-corrected chi connectivity index (χ3v) is 10.4. The fraction of sp³-hybridized carbons (Fsp3) is 0.800. The number of hydrogen-bond donors (Lipinski definition) is 5. The van der Waals surface area contributed by atoms with Crippen LogP contribution in [-0.2, 0) is 23.6 Å². The lowest BCUT2D eigenvalue weighted by molar-refractivity contribution is -0.131. The summed E-state index contributed by atoms with van der Waals surface area (Å²) >= 11 is 15.2. The molecule has 0 radical (unpaired) electrons. The van der Waals surface area contributed by atoms with E-state index in [0.29, 0.717) is 49.1 Å². The molecule has 3 heterocycles. The van der Waals surface area contributed by atoms with Crippen molar-refractivity contribution in [2.75, 3.05) is 25.6 Å². The van der Waals surface area contributed by atoms with Crippen molar-refractivity contribution in [3.05, 3.63) is 24.3 Å². The second-order valence-corrected chi connectivity index (χ2v) is 17.8. The average molecular weight is 770 g/mol. The molecule has 47 heavy (non-hydrogen) atoms. The number of amides is 1. The van der Waals surface area contributed by atoms with Crippen LogP contribution < -0.4 is 0 Å². The zero-order valence-corrected chi connectivity index (χ0v) is 33.5. The summed E-state index contributed by atoms with van der Waals surface area (Å²) in [5, 5.41) is 29.0. The lowest BCUT2D eigenvalue weighted by atomic mass is 9.94. The molecule has 2 unspecified atom stereocenters. The largest absolute Gasteiger partial charge is 0.422 e. The van der Waals surface area contributed by atoms with Crippen molar-refractivity contribution in [1.82, 2.24) is 4.90 Å². The summed E-state index contributed by atoms with van der Waals surface area (Å²) in [5.74, 6) is 0.743. The molecule has 9 atom stereocenters. The Balaban J connectivity index is 0.000000353. The monoisotopic (exact) mass is 769 g/mol. The van der Waals surface area contributed by atoms with E-state index in [1.807, 2.05) is 0 Å². The van der Waals surface area contributed by atoms with E-state index in [2.05, 4.69) is 70.2 Å². The number of thiocarbonyl (C=S) groups is 1. The van der Waals surface area contributed by atoms with E-state index in [0.717, 1.165) is 49.0 Å². The fourth-order valence-corrected chi connectivity index (χ4v) is 8.07. The first kappa shape index (κ1) is 44.0. The third kappa shape index (κ3) is 17.7. The Labute approximate surface area is 308 Å². The number of aliphatic hydroxyl groups is 3. The summed E-state index contributed by atoms with van der Waals surface area (Å²) in [5.41, 5.74) is 2.27. The van der Waals surface area contributed by atoms with Crippen LogP contribution in [0.25, 0.3) is 0 Å². The predicted molar refractivity (Wildman–Crippen MR) is 212 cm³/mol. The van der Waals surface area contributed by atoms with Crippen LogP contribution in [0.5, 0.6) is 0 Å². The maximum atomic E-state index is 12.7. The molecule has 3 N–H and O–H groups in total. The molecule has 3 aliphatic heterocycles. The summed E-state index contributed by atoms with van der Waals surface area (Å²) < 4.78 is 23.5. The van der Waals surface area contributed by atoms with E-state index >= 15 is 0 Å². The zero-order chi connectivity index (χ0) is 35.1. The Hall–Kier alpha value is 0.800. The Morgan fingerprint density at radius 1 is 0.979 bits per heavy atom. The molecule has 3 saturated heterocycles. The van der Waals surface area contributed by atoms with Crippen LogP contribution in [0.4, 0.5) is 0 Å². The molecule has 0 aromatic carbocycles. The van der Waals surface area contributed by atoms with Crippen LogP contribution in [0.15, 0.2) is 24.3 Å². The van der Waals surface area contributed by atoms with Crippen molar-refractivity contribution in [1.29, 1.82) is 0 Å². The molecule has 3 fully saturated rings. The number of hydrogen-bond acceptors (Lipinski definition) is 12. The minimum Gasteiger partial charge on any atom is -0.422 e. The van der Waals surface area contributed by atoms with Gasteiger partial charge in [0.05, 0.1) is 43.0 Å². The standard InChI is InChI=1S/C18H31BNO4PS3.C12H24BO4PS/c1-11(2)16-10-28-18(26)20(16)17(22)9-13(21)8-15-7-12(3)6-14(24-15)4-5-23-19(25)27;1-9-6-11(3-5-16-13(18)19)17-12(7-9)8-10(15)2-4-14/h11,13-16,21,27H,3-10,25H2,1-2H3;10-12,14-15,19H,1-8,18H2/t13-,14+,15-,16+;10-,11-,12+/m10/s1. The van der Waals surface area contributed by atoms with E-state index in [4.69, 9.17) is 36.1 Å². The van der Waals surface area contributed by atoms with Crippen LogP contribution in [0.3, 0.4) is 0 Å². The first-order valence-electron chi connectivity index (χ1n) is 16.4. The molecule has 0 saturated carbocycles. The normalized spacial score (nSPS) is 26.2. The first-order chi connectivity index (χ1) is 22.2. The second-order valence-electron chi connectivity index (χ2n) is 12.8. The number of thioether (sulfide) groups is 1. The molecule has 0 bridgehead atoms. The first-order valence-corrected chi connectivity index (χ1v) is 20.1. The molecular weight excluding hydrogens is 714 g/mol. The lowest BCUT2D eigenvalue weighted by Gasteiger charge is -2.33. The molecule has 0 aliphatic carbocycles. The van der Waals surface area contributed by atoms with Crippen molar-refractivity contribution in [2.45, 2.75) is 121 Å². The van der Waals surface area contributed by atoms with Crippen LogP contribution in [0, 0.1) is 5.92 Å². The van der Waals surface area contributed by atoms with Gasteiger partial charge in [0, 0.05) is 38.0 Å². The van der Waals surface area contributed by atoms with Crippen LogP contribution in [-0.4, -0.2) is 111 Å². The highest BCUT2D eigenvalue weighted by Gasteiger charge is 2.37. The zero-order valence-electron chi connectivity index (χ0n) is 27.8. The summed E-state index contributed by atoms with van der Waals surface area (Å²) in [6.07, 6.45) is 4.89. The van der Waals surface area contributed by atoms with Crippen molar-refractivity contribution >= 4 is 89.2 Å². The number of rotatable bonds is 17. The minimum atomic E-state index is -0.754. The van der Waals surface area contributed by atoms with Crippen LogP contribution in [0.2, 0.25) is 0 Å². The topological polar surface area (TPSA) is 118 Å². The van der Waals surface area contributed by atoms with Gasteiger partial charge in [-0.2, -0.15) is 25.0 Å². The molecule has 3 aliphatic rings. The summed E-state index contributed by atoms with van der Waals surface area (Å²) in [4.78, 5) is 14.4. The van der Waals surface area contributed by atoms with Gasteiger partial charge in [0.2, 0.25) is 5.91 Å². The Morgan fingerprint density at radius 3 is 1.89 bits per heavy atom. The van der Waals surface area contributed by atoms with Gasteiger partial charge in [-0.1, -0.05) is 62.1 Å². The van der Waals surface area contributed by atoms with Gasteiger partial charge in [-0.05, 0) is 57.3 Å². The smallest absolute Gasteiger partial charge is 0.380 e. The van der Waals surface area contributed by atoms with Gasteiger partial charge >= 0.3 is 11.8 Å². The van der Waals surface area contributed by atoms with Crippen molar-refractivity contribution in [3.8, 4) is 0 Å². The number of carbonyl (C=O) groups is 1. The minimum absolute atomic E-state index is 0.00357. The van der Waals surface area contributed by atoms with E-state index in [-0.39, 0.29) is 61.2 Å². The van der Waals surface area contributed by atoms with Crippen molar-refractivity contribution in [3.63, 3.8) is 0 Å². The number of carbonyl (C=O) groups excluding carboxylic acids is 1. The maximum absolute atomic E-state index is 12.7. The quantitative estimate of drug-likeness (QED) is 0.0468. The van der Waals surface area contributed by atoms with Gasteiger partial charge in [-0.25, -0.2) is 0 Å². The fourth-order valence-electron chi connectivity index (χ4n) is 5.92. The van der Waals surface area contributed by atoms with Gasteiger partial charge < -0.3 is 34.1 Å². The molecule has 0 aromatic heterocycles. The number of ether oxygens (including phenoxy) is 2. The molecule has 1 amide bonds. The van der Waals surface area contributed by atoms with Crippen molar-refractivity contribution in [2.24, 2.45) is 5.92 Å². The van der Waals surface area contributed by atoms with Crippen LogP contribution >= 0.6 is 67.2 Å². The second kappa shape index (κ2) is 23.4. The van der Waals surface area contributed by atoms with Gasteiger partial charge in [0.15, 0.2) is 0 Å². The maximum Gasteiger partial charge on any atom is 0.380 e. The van der Waals surface area contributed by atoms with E-state index in [1.165, 1.54) is 0 Å². The molecular formula is C30H55B2NO8P2S4. The summed E-state index contributed by atoms with van der Waals surface area (Å²) in [7, 11) is 4.95. The Kier molecular flexibility index (Phi) is 21.9. The molecule has 3 rings (SSSR count). The van der Waals surface area contributed by atoms with E-state index in [9.17, 15) is 15.0 Å². The highest BCUT2D eigenvalue weighted by Crippen LogP contribution is 2.32. The van der Waals surface area contributed by atoms with Crippen LogP contribution in [0.1, 0.15) is 78.1 Å². The summed E-state index contributed by atoms with van der Waals surface area (Å²) in [6, 6.07) is 0.111. The van der Waals surface area contributed by atoms with E-state index < -0.39 is 12.2 Å². The number of aliphatic hydroxyl groups excluding tert-OH is 3. The van der Waals surface area contributed by atoms with Gasteiger partial charge in [0.1, 0.15) is 4.32 Å². The van der Waals surface area contributed by atoms with Crippen molar-refractivity contribution < 1.29 is 38.9 Å². The van der Waals surface area contributed by atoms with E-state index in [1.54, 1.807) is 16.7 Å². The molecule has 17 heteroatoms. The Bertz CT molecular complexity index is 1010.